The second-order valence-corrected chi connectivity index (χ2v) is 5.83. The Morgan fingerprint density at radius 1 is 1.12 bits per heavy atom. The maximum absolute atomic E-state index is 12.6. The average Bonchev–Trinajstić information content (AvgIpc) is 3.08. The molecule has 0 fully saturated rings. The summed E-state index contributed by atoms with van der Waals surface area (Å²) in [6.07, 6.45) is 1.47. The number of nitrogens with zero attached hydrogens (tertiary/aromatic N) is 4. The number of benzene rings is 2. The Bertz CT molecular complexity index is 848. The number of rotatable bonds is 4. The molecule has 3 aromatic rings. The predicted octanol–water partition coefficient (Wildman–Crippen LogP) is 2.52. The molecule has 0 aliphatic carbocycles. The Morgan fingerprint density at radius 2 is 1.83 bits per heavy atom. The number of carbonyl (C=O) groups excluding carboxylic acids is 1. The lowest BCUT2D eigenvalue weighted by atomic mass is 10.00. The topological polar surface area (TPSA) is 72.7 Å². The van der Waals surface area contributed by atoms with Crippen molar-refractivity contribution in [3.05, 3.63) is 70.5 Å². The molecule has 122 valence electrons. The maximum atomic E-state index is 12.6. The number of aryl methyl sites for hydroxylation is 3. The number of amides is 1. The lowest BCUT2D eigenvalue weighted by Crippen LogP contribution is -2.25. The van der Waals surface area contributed by atoms with Crippen LogP contribution in [-0.2, 0) is 6.54 Å². The van der Waals surface area contributed by atoms with Gasteiger partial charge >= 0.3 is 0 Å². The fraction of sp³-hybridized carbons (Fsp3) is 0.222. The van der Waals surface area contributed by atoms with Crippen LogP contribution >= 0.6 is 0 Å². The molecule has 3 rings (SSSR count). The van der Waals surface area contributed by atoms with Crippen molar-refractivity contribution in [2.24, 2.45) is 0 Å². The van der Waals surface area contributed by atoms with E-state index in [0.717, 1.165) is 5.56 Å². The second kappa shape index (κ2) is 6.62. The zero-order valence-corrected chi connectivity index (χ0v) is 13.9. The van der Waals surface area contributed by atoms with Crippen molar-refractivity contribution in [2.45, 2.75) is 27.3 Å². The summed E-state index contributed by atoms with van der Waals surface area (Å²) in [5.74, 6) is -0.152. The normalized spacial score (nSPS) is 10.6. The van der Waals surface area contributed by atoms with Gasteiger partial charge in [0.1, 0.15) is 6.33 Å². The number of tetrazole rings is 1. The highest BCUT2D eigenvalue weighted by Gasteiger charge is 2.14. The SMILES string of the molecule is Cc1cc(C)c(CNC(=O)c2ccccc2-n2cnnn2)c(C)c1. The molecule has 1 aromatic heterocycles. The molecule has 24 heavy (non-hydrogen) atoms. The molecule has 0 radical (unpaired) electrons. The molecular formula is C18H19N5O. The van der Waals surface area contributed by atoms with Gasteiger partial charge in [0.15, 0.2) is 0 Å². The Hall–Kier alpha value is -3.02. The number of carbonyl (C=O) groups is 1. The fourth-order valence-electron chi connectivity index (χ4n) is 2.89. The van der Waals surface area contributed by atoms with Gasteiger partial charge < -0.3 is 5.32 Å². The molecule has 1 heterocycles. The molecule has 0 spiro atoms. The molecular weight excluding hydrogens is 302 g/mol. The highest BCUT2D eigenvalue weighted by atomic mass is 16.1. The number of para-hydroxylation sites is 1. The van der Waals surface area contributed by atoms with E-state index in [1.807, 2.05) is 18.2 Å². The van der Waals surface area contributed by atoms with E-state index in [9.17, 15) is 4.79 Å². The maximum Gasteiger partial charge on any atom is 0.253 e. The molecule has 0 atom stereocenters. The van der Waals surface area contributed by atoms with Crippen molar-refractivity contribution in [2.75, 3.05) is 0 Å². The third kappa shape index (κ3) is 3.17. The number of aromatic nitrogens is 4. The van der Waals surface area contributed by atoms with Gasteiger partial charge in [-0.2, -0.15) is 4.68 Å². The lowest BCUT2D eigenvalue weighted by Gasteiger charge is -2.13. The van der Waals surface area contributed by atoms with Crippen LogP contribution in [0.5, 0.6) is 0 Å². The van der Waals surface area contributed by atoms with Gasteiger partial charge in [0, 0.05) is 6.54 Å². The lowest BCUT2D eigenvalue weighted by molar-refractivity contribution is 0.0950. The Labute approximate surface area is 140 Å². The molecule has 2 aromatic carbocycles. The third-order valence-electron chi connectivity index (χ3n) is 4.01. The average molecular weight is 321 g/mol. The number of hydrogen-bond donors (Lipinski definition) is 1. The van der Waals surface area contributed by atoms with Crippen molar-refractivity contribution >= 4 is 5.91 Å². The van der Waals surface area contributed by atoms with E-state index < -0.39 is 0 Å². The molecule has 0 bridgehead atoms. The molecule has 0 saturated carbocycles. The van der Waals surface area contributed by atoms with E-state index in [2.05, 4.69) is 53.7 Å². The number of nitrogens with one attached hydrogen (secondary N) is 1. The van der Waals surface area contributed by atoms with Crippen LogP contribution in [0.2, 0.25) is 0 Å². The first-order valence-electron chi connectivity index (χ1n) is 7.73. The van der Waals surface area contributed by atoms with Gasteiger partial charge in [0.2, 0.25) is 0 Å². The molecule has 0 saturated heterocycles. The Balaban J connectivity index is 1.82. The zero-order chi connectivity index (χ0) is 17.1. The summed E-state index contributed by atoms with van der Waals surface area (Å²) >= 11 is 0. The van der Waals surface area contributed by atoms with Gasteiger partial charge in [-0.05, 0) is 60.0 Å². The summed E-state index contributed by atoms with van der Waals surface area (Å²) in [7, 11) is 0. The van der Waals surface area contributed by atoms with Gasteiger partial charge in [-0.1, -0.05) is 29.8 Å². The molecule has 1 amide bonds. The van der Waals surface area contributed by atoms with Crippen molar-refractivity contribution in [3.8, 4) is 5.69 Å². The van der Waals surface area contributed by atoms with E-state index in [1.54, 1.807) is 6.07 Å². The van der Waals surface area contributed by atoms with Crippen molar-refractivity contribution in [1.82, 2.24) is 25.5 Å². The van der Waals surface area contributed by atoms with Gasteiger partial charge in [-0.15, -0.1) is 5.10 Å². The minimum atomic E-state index is -0.152. The standard InChI is InChI=1S/C18H19N5O/c1-12-8-13(2)16(14(3)9-12)10-19-18(24)15-6-4-5-7-17(15)23-11-20-21-22-23/h4-9,11H,10H2,1-3H3,(H,19,24). The molecule has 6 heteroatoms. The molecule has 0 aliphatic heterocycles. The van der Waals surface area contributed by atoms with E-state index >= 15 is 0 Å². The summed E-state index contributed by atoms with van der Waals surface area (Å²) in [5.41, 5.74) is 5.92. The summed E-state index contributed by atoms with van der Waals surface area (Å²) in [5, 5.41) is 14.1. The van der Waals surface area contributed by atoms with Crippen LogP contribution in [0.1, 0.15) is 32.6 Å². The molecule has 0 unspecified atom stereocenters. The van der Waals surface area contributed by atoms with Gasteiger partial charge in [0.05, 0.1) is 11.3 Å². The Kier molecular flexibility index (Phi) is 4.37. The van der Waals surface area contributed by atoms with Gasteiger partial charge in [0.25, 0.3) is 5.91 Å². The van der Waals surface area contributed by atoms with Crippen LogP contribution in [0.3, 0.4) is 0 Å². The summed E-state index contributed by atoms with van der Waals surface area (Å²) in [4.78, 5) is 12.6. The van der Waals surface area contributed by atoms with Crippen molar-refractivity contribution < 1.29 is 4.79 Å². The third-order valence-corrected chi connectivity index (χ3v) is 4.01. The Morgan fingerprint density at radius 3 is 2.50 bits per heavy atom. The van der Waals surface area contributed by atoms with Crippen molar-refractivity contribution in [1.29, 1.82) is 0 Å². The van der Waals surface area contributed by atoms with Crippen LogP contribution in [0.4, 0.5) is 0 Å². The molecule has 6 nitrogen and oxygen atoms in total. The summed E-state index contributed by atoms with van der Waals surface area (Å²) in [6, 6.07) is 11.5. The van der Waals surface area contributed by atoms with Crippen LogP contribution in [0.25, 0.3) is 5.69 Å². The van der Waals surface area contributed by atoms with E-state index in [1.165, 1.54) is 27.7 Å². The molecule has 0 aliphatic rings. The minimum absolute atomic E-state index is 0.152. The van der Waals surface area contributed by atoms with Crippen LogP contribution < -0.4 is 5.32 Å². The van der Waals surface area contributed by atoms with Crippen molar-refractivity contribution in [3.63, 3.8) is 0 Å². The monoisotopic (exact) mass is 321 g/mol. The smallest absolute Gasteiger partial charge is 0.253 e. The largest absolute Gasteiger partial charge is 0.348 e. The predicted molar refractivity (Wildman–Crippen MR) is 91.0 cm³/mol. The first-order valence-corrected chi connectivity index (χ1v) is 7.73. The highest BCUT2D eigenvalue weighted by molar-refractivity contribution is 5.97. The van der Waals surface area contributed by atoms with Crippen LogP contribution in [0, 0.1) is 20.8 Å². The molecule has 1 N–H and O–H groups in total. The highest BCUT2D eigenvalue weighted by Crippen LogP contribution is 2.17. The van der Waals surface area contributed by atoms with Gasteiger partial charge in [-0.25, -0.2) is 0 Å². The summed E-state index contributed by atoms with van der Waals surface area (Å²) < 4.78 is 1.48. The number of hydrogen-bond acceptors (Lipinski definition) is 4. The van der Waals surface area contributed by atoms with Gasteiger partial charge in [-0.3, -0.25) is 4.79 Å². The van der Waals surface area contributed by atoms with E-state index in [4.69, 9.17) is 0 Å². The van der Waals surface area contributed by atoms with E-state index in [-0.39, 0.29) is 5.91 Å². The first-order chi connectivity index (χ1) is 11.6. The quantitative estimate of drug-likeness (QED) is 0.801. The van der Waals surface area contributed by atoms with Crippen LogP contribution in [-0.4, -0.2) is 26.1 Å². The second-order valence-electron chi connectivity index (χ2n) is 5.83. The first kappa shape index (κ1) is 15.9. The summed E-state index contributed by atoms with van der Waals surface area (Å²) in [6.45, 7) is 6.69. The van der Waals surface area contributed by atoms with Crippen LogP contribution in [0.15, 0.2) is 42.7 Å². The zero-order valence-electron chi connectivity index (χ0n) is 13.9. The minimum Gasteiger partial charge on any atom is -0.348 e. The van der Waals surface area contributed by atoms with E-state index in [0.29, 0.717) is 17.8 Å². The fourth-order valence-corrected chi connectivity index (χ4v) is 2.89.